The normalized spacial score (nSPS) is 15.1. The molecule has 2 heterocycles. The van der Waals surface area contributed by atoms with Crippen molar-refractivity contribution in [1.82, 2.24) is 4.90 Å². The zero-order valence-electron chi connectivity index (χ0n) is 17.7. The van der Waals surface area contributed by atoms with Crippen molar-refractivity contribution in [1.29, 1.82) is 0 Å². The third kappa shape index (κ3) is 4.22. The van der Waals surface area contributed by atoms with Gasteiger partial charge in [0, 0.05) is 11.1 Å². The van der Waals surface area contributed by atoms with Crippen LogP contribution in [0.5, 0.6) is 0 Å². The van der Waals surface area contributed by atoms with Crippen LogP contribution in [0.25, 0.3) is 17.0 Å². The number of imide groups is 1. The maximum absolute atomic E-state index is 12.8. The van der Waals surface area contributed by atoms with Crippen molar-refractivity contribution in [3.8, 4) is 0 Å². The van der Waals surface area contributed by atoms with Crippen LogP contribution in [0.4, 0.5) is 10.5 Å². The van der Waals surface area contributed by atoms with Crippen LogP contribution >= 0.6 is 11.8 Å². The number of carbonyl (C=O) groups excluding carboxylic acids is 3. The summed E-state index contributed by atoms with van der Waals surface area (Å²) in [6.45, 7) is 5.32. The number of hydrogen-bond acceptors (Lipinski definition) is 6. The van der Waals surface area contributed by atoms with Gasteiger partial charge in [-0.05, 0) is 61.9 Å². The molecule has 1 saturated heterocycles. The summed E-state index contributed by atoms with van der Waals surface area (Å²) < 4.78 is 5.27. The first kappa shape index (κ1) is 21.6. The first-order chi connectivity index (χ1) is 15.2. The van der Waals surface area contributed by atoms with Crippen LogP contribution in [0.15, 0.2) is 56.6 Å². The topological polar surface area (TPSA) is 96.7 Å². The minimum absolute atomic E-state index is 0.0630. The summed E-state index contributed by atoms with van der Waals surface area (Å²) in [7, 11) is 0. The highest BCUT2D eigenvalue weighted by Crippen LogP contribution is 2.32. The number of thioether (sulfide) groups is 1. The number of benzene rings is 2. The summed E-state index contributed by atoms with van der Waals surface area (Å²) in [5.41, 5.74) is 3.51. The van der Waals surface area contributed by atoms with Gasteiger partial charge < -0.3 is 9.73 Å². The standard InChI is InChI=1S/C24H20N2O5S/c1-13-8-14(2)21(15(3)9-13)25-20(27)12-26-22(28)19(32-24(26)30)11-17-10-16-6-4-5-7-18(16)31-23(17)29/h4-11H,12H2,1-3H3,(H,25,27)/b19-11+. The van der Waals surface area contributed by atoms with Crippen LogP contribution in [0.2, 0.25) is 0 Å². The van der Waals surface area contributed by atoms with E-state index in [2.05, 4.69) is 5.32 Å². The van der Waals surface area contributed by atoms with E-state index in [0.717, 1.165) is 21.6 Å². The molecule has 32 heavy (non-hydrogen) atoms. The molecule has 1 aliphatic rings. The van der Waals surface area contributed by atoms with Crippen LogP contribution in [-0.4, -0.2) is 28.5 Å². The molecular formula is C24H20N2O5S. The van der Waals surface area contributed by atoms with Crippen LogP contribution < -0.4 is 10.9 Å². The van der Waals surface area contributed by atoms with Gasteiger partial charge in [-0.1, -0.05) is 35.9 Å². The lowest BCUT2D eigenvalue weighted by atomic mass is 10.1. The summed E-state index contributed by atoms with van der Waals surface area (Å²) in [4.78, 5) is 50.9. The van der Waals surface area contributed by atoms with E-state index in [1.807, 2.05) is 32.9 Å². The van der Waals surface area contributed by atoms with E-state index < -0.39 is 29.2 Å². The van der Waals surface area contributed by atoms with Gasteiger partial charge in [0.2, 0.25) is 5.91 Å². The van der Waals surface area contributed by atoms with Crippen molar-refractivity contribution in [2.24, 2.45) is 0 Å². The molecule has 162 valence electrons. The highest BCUT2D eigenvalue weighted by atomic mass is 32.2. The van der Waals surface area contributed by atoms with Crippen molar-refractivity contribution in [2.45, 2.75) is 20.8 Å². The molecule has 0 spiro atoms. The number of nitrogens with one attached hydrogen (secondary N) is 1. The highest BCUT2D eigenvalue weighted by Gasteiger charge is 2.36. The third-order valence-corrected chi connectivity index (χ3v) is 5.98. The fourth-order valence-electron chi connectivity index (χ4n) is 3.66. The van der Waals surface area contributed by atoms with Gasteiger partial charge in [-0.2, -0.15) is 0 Å². The third-order valence-electron chi connectivity index (χ3n) is 5.07. The molecule has 0 aliphatic carbocycles. The zero-order valence-corrected chi connectivity index (χ0v) is 18.5. The number of para-hydroxylation sites is 1. The van der Waals surface area contributed by atoms with Gasteiger partial charge in [0.1, 0.15) is 12.1 Å². The Bertz CT molecular complexity index is 1350. The maximum Gasteiger partial charge on any atom is 0.343 e. The second-order valence-corrected chi connectivity index (χ2v) is 8.61. The van der Waals surface area contributed by atoms with Gasteiger partial charge in [-0.15, -0.1) is 0 Å². The molecule has 1 fully saturated rings. The van der Waals surface area contributed by atoms with E-state index >= 15 is 0 Å². The number of rotatable bonds is 4. The van der Waals surface area contributed by atoms with Gasteiger partial charge in [-0.3, -0.25) is 19.3 Å². The predicted octanol–water partition coefficient (Wildman–Crippen LogP) is 4.39. The van der Waals surface area contributed by atoms with Crippen LogP contribution in [0.3, 0.4) is 0 Å². The van der Waals surface area contributed by atoms with Crippen molar-refractivity contribution < 1.29 is 18.8 Å². The average molecular weight is 449 g/mol. The molecule has 3 aromatic rings. The monoisotopic (exact) mass is 448 g/mol. The molecule has 1 aromatic heterocycles. The van der Waals surface area contributed by atoms with E-state index in [1.165, 1.54) is 6.08 Å². The number of aryl methyl sites for hydroxylation is 3. The van der Waals surface area contributed by atoms with Gasteiger partial charge >= 0.3 is 5.63 Å². The Morgan fingerprint density at radius 1 is 1.06 bits per heavy atom. The Kier molecular flexibility index (Phi) is 5.71. The predicted molar refractivity (Wildman–Crippen MR) is 124 cm³/mol. The molecule has 4 rings (SSSR count). The molecule has 0 radical (unpaired) electrons. The number of amides is 3. The molecule has 8 heteroatoms. The van der Waals surface area contributed by atoms with Gasteiger partial charge in [0.05, 0.1) is 10.5 Å². The zero-order chi connectivity index (χ0) is 23.0. The summed E-state index contributed by atoms with van der Waals surface area (Å²) in [5.74, 6) is -1.10. The molecule has 3 amide bonds. The van der Waals surface area contributed by atoms with Gasteiger partial charge in [-0.25, -0.2) is 4.79 Å². The van der Waals surface area contributed by atoms with Crippen LogP contribution in [0, 0.1) is 20.8 Å². The fourth-order valence-corrected chi connectivity index (χ4v) is 4.49. The molecule has 2 aromatic carbocycles. The van der Waals surface area contributed by atoms with E-state index in [0.29, 0.717) is 28.4 Å². The van der Waals surface area contributed by atoms with E-state index in [9.17, 15) is 19.2 Å². The molecular weight excluding hydrogens is 428 g/mol. The summed E-state index contributed by atoms with van der Waals surface area (Å²) in [6, 6.07) is 12.5. The van der Waals surface area contributed by atoms with Crippen molar-refractivity contribution >= 4 is 51.5 Å². The van der Waals surface area contributed by atoms with Gasteiger partial charge in [0.15, 0.2) is 0 Å². The Balaban J connectivity index is 1.54. The minimum atomic E-state index is -0.625. The summed E-state index contributed by atoms with van der Waals surface area (Å²) in [6.07, 6.45) is 1.33. The highest BCUT2D eigenvalue weighted by molar-refractivity contribution is 8.18. The quantitative estimate of drug-likeness (QED) is 0.470. The van der Waals surface area contributed by atoms with E-state index in [-0.39, 0.29) is 10.5 Å². The van der Waals surface area contributed by atoms with Crippen molar-refractivity contribution in [3.05, 3.63) is 80.0 Å². The molecule has 1 aliphatic heterocycles. The molecule has 0 unspecified atom stereocenters. The van der Waals surface area contributed by atoms with Crippen molar-refractivity contribution in [3.63, 3.8) is 0 Å². The Morgan fingerprint density at radius 2 is 1.75 bits per heavy atom. The SMILES string of the molecule is Cc1cc(C)c(NC(=O)CN2C(=O)S/C(=C/c3cc4ccccc4oc3=O)C2=O)c(C)c1. The molecule has 1 N–H and O–H groups in total. The fraction of sp³-hybridized carbons (Fsp3) is 0.167. The molecule has 0 saturated carbocycles. The lowest BCUT2D eigenvalue weighted by Crippen LogP contribution is -2.36. The largest absolute Gasteiger partial charge is 0.422 e. The van der Waals surface area contributed by atoms with Crippen LogP contribution in [-0.2, 0) is 9.59 Å². The lowest BCUT2D eigenvalue weighted by Gasteiger charge is -2.15. The van der Waals surface area contributed by atoms with Gasteiger partial charge in [0.25, 0.3) is 11.1 Å². The van der Waals surface area contributed by atoms with Crippen LogP contribution in [0.1, 0.15) is 22.3 Å². The first-order valence-electron chi connectivity index (χ1n) is 9.89. The Morgan fingerprint density at radius 3 is 2.47 bits per heavy atom. The molecule has 0 atom stereocenters. The second kappa shape index (κ2) is 8.47. The Hall–Kier alpha value is -3.65. The lowest BCUT2D eigenvalue weighted by molar-refractivity contribution is -0.127. The summed E-state index contributed by atoms with van der Waals surface area (Å²) in [5, 5.41) is 2.91. The number of fused-ring (bicyclic) bond motifs is 1. The molecule has 7 nitrogen and oxygen atoms in total. The Labute approximate surface area is 188 Å². The number of hydrogen-bond donors (Lipinski definition) is 1. The maximum atomic E-state index is 12.8. The minimum Gasteiger partial charge on any atom is -0.422 e. The first-order valence-corrected chi connectivity index (χ1v) is 10.7. The van der Waals surface area contributed by atoms with Crippen molar-refractivity contribution in [2.75, 3.05) is 11.9 Å². The summed E-state index contributed by atoms with van der Waals surface area (Å²) >= 11 is 0.685. The smallest absolute Gasteiger partial charge is 0.343 e. The number of anilines is 1. The number of nitrogens with zero attached hydrogens (tertiary/aromatic N) is 1. The van der Waals surface area contributed by atoms with E-state index in [4.69, 9.17) is 4.42 Å². The molecule has 0 bridgehead atoms. The average Bonchev–Trinajstić information content (AvgIpc) is 2.98. The van der Waals surface area contributed by atoms with E-state index in [1.54, 1.807) is 30.3 Å². The second-order valence-electron chi connectivity index (χ2n) is 7.62. The number of carbonyl (C=O) groups is 3.